The monoisotopic (exact) mass is 479 g/mol. The van der Waals surface area contributed by atoms with Crippen molar-refractivity contribution in [3.05, 3.63) is 94.0 Å². The van der Waals surface area contributed by atoms with Crippen molar-refractivity contribution in [2.24, 2.45) is 0 Å². The number of para-hydroxylation sites is 2. The molecule has 0 saturated heterocycles. The molecule has 0 spiro atoms. The molecule has 0 aliphatic carbocycles. The molecule has 0 heterocycles. The van der Waals surface area contributed by atoms with Crippen molar-refractivity contribution in [1.82, 2.24) is 0 Å². The van der Waals surface area contributed by atoms with E-state index < -0.39 is 31.5 Å². The molecule has 1 N–H and O–H groups in total. The van der Waals surface area contributed by atoms with E-state index in [0.717, 1.165) is 12.1 Å². The zero-order valence-corrected chi connectivity index (χ0v) is 18.5. The first kappa shape index (κ1) is 24.0. The van der Waals surface area contributed by atoms with E-state index in [2.05, 4.69) is 5.32 Å². The van der Waals surface area contributed by atoms with E-state index in [1.807, 2.05) is 0 Å². The standard InChI is InChI=1S/C23H17N3O7S/c1-32-20-12-11-16(13-17(15-24)23(27)25-18-7-3-2-4-8-18)14-21(20)33-34(30,31)22-10-6-5-9-19(22)26(28)29/h2-14H,1H3,(H,25,27)/b17-13+. The molecule has 0 aliphatic heterocycles. The van der Waals surface area contributed by atoms with Crippen LogP contribution in [0.4, 0.5) is 11.4 Å². The number of benzene rings is 3. The van der Waals surface area contributed by atoms with Crippen molar-refractivity contribution < 1.29 is 27.1 Å². The first-order chi connectivity index (χ1) is 16.2. The van der Waals surface area contributed by atoms with Crippen molar-refractivity contribution in [2.75, 3.05) is 12.4 Å². The summed E-state index contributed by atoms with van der Waals surface area (Å²) in [6.45, 7) is 0. The highest BCUT2D eigenvalue weighted by molar-refractivity contribution is 7.87. The lowest BCUT2D eigenvalue weighted by Gasteiger charge is -2.12. The molecule has 34 heavy (non-hydrogen) atoms. The van der Waals surface area contributed by atoms with Crippen LogP contribution in [0, 0.1) is 21.4 Å². The van der Waals surface area contributed by atoms with Crippen molar-refractivity contribution in [3.8, 4) is 17.6 Å². The maximum absolute atomic E-state index is 12.8. The van der Waals surface area contributed by atoms with Crippen molar-refractivity contribution >= 4 is 33.5 Å². The van der Waals surface area contributed by atoms with Crippen molar-refractivity contribution in [1.29, 1.82) is 5.26 Å². The third-order valence-electron chi connectivity index (χ3n) is 4.43. The van der Waals surface area contributed by atoms with E-state index >= 15 is 0 Å². The minimum absolute atomic E-state index is 0.0200. The van der Waals surface area contributed by atoms with Crippen LogP contribution in [0.15, 0.2) is 83.3 Å². The predicted molar refractivity (Wildman–Crippen MR) is 123 cm³/mol. The smallest absolute Gasteiger partial charge is 0.346 e. The van der Waals surface area contributed by atoms with Crippen LogP contribution in [0.3, 0.4) is 0 Å². The third-order valence-corrected chi connectivity index (χ3v) is 5.71. The maximum Gasteiger partial charge on any atom is 0.346 e. The Bertz CT molecular complexity index is 1410. The summed E-state index contributed by atoms with van der Waals surface area (Å²) in [4.78, 5) is 22.2. The lowest BCUT2D eigenvalue weighted by atomic mass is 10.1. The van der Waals surface area contributed by atoms with Gasteiger partial charge in [-0.05, 0) is 42.0 Å². The molecule has 0 aliphatic rings. The van der Waals surface area contributed by atoms with Crippen LogP contribution in [0.25, 0.3) is 6.08 Å². The zero-order valence-electron chi connectivity index (χ0n) is 17.7. The number of nitro benzene ring substituents is 1. The average Bonchev–Trinajstić information content (AvgIpc) is 2.83. The van der Waals surface area contributed by atoms with Crippen LogP contribution in [-0.4, -0.2) is 26.4 Å². The van der Waals surface area contributed by atoms with E-state index in [-0.39, 0.29) is 22.6 Å². The second kappa shape index (κ2) is 10.3. The molecule has 0 bridgehead atoms. The number of methoxy groups -OCH3 is 1. The fraction of sp³-hybridized carbons (Fsp3) is 0.0435. The second-order valence-corrected chi connectivity index (χ2v) is 8.18. The Morgan fingerprint density at radius 2 is 1.74 bits per heavy atom. The van der Waals surface area contributed by atoms with E-state index in [1.54, 1.807) is 36.4 Å². The van der Waals surface area contributed by atoms with Crippen LogP contribution in [-0.2, 0) is 14.9 Å². The van der Waals surface area contributed by atoms with Crippen LogP contribution in [0.2, 0.25) is 0 Å². The van der Waals surface area contributed by atoms with Gasteiger partial charge in [0.15, 0.2) is 16.4 Å². The Labute approximate surface area is 194 Å². The maximum atomic E-state index is 12.8. The van der Waals surface area contributed by atoms with Crippen LogP contribution in [0.1, 0.15) is 5.56 Å². The number of hydrogen-bond acceptors (Lipinski definition) is 8. The Balaban J connectivity index is 1.95. The lowest BCUT2D eigenvalue weighted by Crippen LogP contribution is -2.13. The first-order valence-corrected chi connectivity index (χ1v) is 11.0. The number of amides is 1. The molecular weight excluding hydrogens is 462 g/mol. The van der Waals surface area contributed by atoms with Gasteiger partial charge < -0.3 is 14.2 Å². The Morgan fingerprint density at radius 3 is 2.38 bits per heavy atom. The van der Waals surface area contributed by atoms with Gasteiger partial charge in [-0.15, -0.1) is 0 Å². The van der Waals surface area contributed by atoms with Crippen LogP contribution < -0.4 is 14.2 Å². The number of nitrogens with zero attached hydrogens (tertiary/aromatic N) is 2. The zero-order chi connectivity index (χ0) is 24.7. The van der Waals surface area contributed by atoms with Gasteiger partial charge in [0.2, 0.25) is 0 Å². The molecule has 0 fully saturated rings. The Kier molecular flexibility index (Phi) is 7.25. The highest BCUT2D eigenvalue weighted by atomic mass is 32.2. The number of nitro groups is 1. The van der Waals surface area contributed by atoms with Gasteiger partial charge in [0, 0.05) is 11.8 Å². The normalized spacial score (nSPS) is 11.2. The molecule has 0 unspecified atom stereocenters. The highest BCUT2D eigenvalue weighted by Crippen LogP contribution is 2.33. The summed E-state index contributed by atoms with van der Waals surface area (Å²) >= 11 is 0. The predicted octanol–water partition coefficient (Wildman–Crippen LogP) is 3.92. The third kappa shape index (κ3) is 5.56. The molecule has 0 saturated carbocycles. The van der Waals surface area contributed by atoms with E-state index in [4.69, 9.17) is 8.92 Å². The SMILES string of the molecule is COc1ccc(/C=C(\C#N)C(=O)Nc2ccccc2)cc1OS(=O)(=O)c1ccccc1[N+](=O)[O-]. The summed E-state index contributed by atoms with van der Waals surface area (Å²) in [5.41, 5.74) is -0.153. The van der Waals surface area contributed by atoms with Gasteiger partial charge in [-0.25, -0.2) is 0 Å². The molecule has 0 atom stereocenters. The summed E-state index contributed by atoms with van der Waals surface area (Å²) in [6, 6.07) is 19.1. The van der Waals surface area contributed by atoms with Gasteiger partial charge in [-0.3, -0.25) is 14.9 Å². The molecule has 11 heteroatoms. The topological polar surface area (TPSA) is 149 Å². The number of carbonyl (C=O) groups excluding carboxylic acids is 1. The molecule has 3 rings (SSSR count). The minimum Gasteiger partial charge on any atom is -0.493 e. The van der Waals surface area contributed by atoms with Gasteiger partial charge in [-0.2, -0.15) is 13.7 Å². The van der Waals surface area contributed by atoms with E-state index in [9.17, 15) is 28.6 Å². The minimum atomic E-state index is -4.62. The molecular formula is C23H17N3O7S. The van der Waals surface area contributed by atoms with Crippen LogP contribution >= 0.6 is 0 Å². The highest BCUT2D eigenvalue weighted by Gasteiger charge is 2.28. The van der Waals surface area contributed by atoms with E-state index in [0.29, 0.717) is 5.69 Å². The fourth-order valence-electron chi connectivity index (χ4n) is 2.87. The Morgan fingerprint density at radius 1 is 1.06 bits per heavy atom. The molecule has 3 aromatic carbocycles. The van der Waals surface area contributed by atoms with E-state index in [1.165, 1.54) is 43.5 Å². The molecule has 0 aromatic heterocycles. The average molecular weight is 479 g/mol. The Hall–Kier alpha value is -4.69. The van der Waals surface area contributed by atoms with Gasteiger partial charge in [0.05, 0.1) is 12.0 Å². The number of anilines is 1. The number of nitriles is 1. The number of ether oxygens (including phenoxy) is 1. The number of hydrogen-bond donors (Lipinski definition) is 1. The summed E-state index contributed by atoms with van der Waals surface area (Å²) in [6.07, 6.45) is 1.24. The molecule has 172 valence electrons. The molecule has 0 radical (unpaired) electrons. The first-order valence-electron chi connectivity index (χ1n) is 9.59. The second-order valence-electron chi connectivity index (χ2n) is 6.66. The van der Waals surface area contributed by atoms with Gasteiger partial charge in [0.1, 0.15) is 11.6 Å². The van der Waals surface area contributed by atoms with Gasteiger partial charge >= 0.3 is 10.1 Å². The van der Waals surface area contributed by atoms with Gasteiger partial charge in [-0.1, -0.05) is 36.4 Å². The number of rotatable bonds is 8. The molecule has 3 aromatic rings. The van der Waals surface area contributed by atoms with Gasteiger partial charge in [0.25, 0.3) is 11.6 Å². The summed E-state index contributed by atoms with van der Waals surface area (Å²) in [7, 11) is -3.34. The number of carbonyl (C=O) groups is 1. The summed E-state index contributed by atoms with van der Waals surface area (Å²) in [5, 5.41) is 23.2. The fourth-order valence-corrected chi connectivity index (χ4v) is 3.97. The largest absolute Gasteiger partial charge is 0.493 e. The quantitative estimate of drug-likeness (QED) is 0.168. The summed E-state index contributed by atoms with van der Waals surface area (Å²) < 4.78 is 35.8. The van der Waals surface area contributed by atoms with Crippen LogP contribution in [0.5, 0.6) is 11.5 Å². The van der Waals surface area contributed by atoms with Crippen molar-refractivity contribution in [3.63, 3.8) is 0 Å². The molecule has 10 nitrogen and oxygen atoms in total. The number of nitrogens with one attached hydrogen (secondary N) is 1. The van der Waals surface area contributed by atoms with Crippen molar-refractivity contribution in [2.45, 2.75) is 4.90 Å². The molecule has 1 amide bonds. The summed E-state index contributed by atoms with van der Waals surface area (Å²) in [5.74, 6) is -0.929. The lowest BCUT2D eigenvalue weighted by molar-refractivity contribution is -0.387.